The molecule has 1 N–H and O–H groups in total. The summed E-state index contributed by atoms with van der Waals surface area (Å²) in [7, 11) is -2.24. The first-order valence-electron chi connectivity index (χ1n) is 10.2. The summed E-state index contributed by atoms with van der Waals surface area (Å²) < 4.78 is 43.2. The molecule has 0 aromatic heterocycles. The van der Waals surface area contributed by atoms with Crippen LogP contribution < -0.4 is 19.5 Å². The summed E-state index contributed by atoms with van der Waals surface area (Å²) in [6.07, 6.45) is 0.839. The zero-order valence-electron chi connectivity index (χ0n) is 17.9. The van der Waals surface area contributed by atoms with E-state index < -0.39 is 15.4 Å². The average molecular weight is 481 g/mol. The van der Waals surface area contributed by atoms with Crippen LogP contribution in [0.5, 0.6) is 17.2 Å². The smallest absolute Gasteiger partial charge is 0.243 e. The third-order valence-electron chi connectivity index (χ3n) is 6.03. The molecule has 0 radical (unpaired) electrons. The zero-order valence-corrected chi connectivity index (χ0v) is 19.5. The van der Waals surface area contributed by atoms with Crippen molar-refractivity contribution in [1.29, 1.82) is 0 Å². The molecule has 8 nitrogen and oxygen atoms in total. The van der Waals surface area contributed by atoms with Crippen molar-refractivity contribution in [2.24, 2.45) is 5.41 Å². The van der Waals surface area contributed by atoms with Gasteiger partial charge in [-0.2, -0.15) is 4.31 Å². The number of nitrogens with one attached hydrogen (secondary N) is 1. The molecule has 0 bridgehead atoms. The molecular weight excluding hydrogens is 456 g/mol. The summed E-state index contributed by atoms with van der Waals surface area (Å²) in [5.41, 5.74) is 0.252. The summed E-state index contributed by atoms with van der Waals surface area (Å²) in [4.78, 5) is 13.0. The number of carbonyl (C=O) groups excluding carboxylic acids is 1. The van der Waals surface area contributed by atoms with E-state index in [1.165, 1.54) is 29.6 Å². The largest absolute Gasteiger partial charge is 0.495 e. The average Bonchev–Trinajstić information content (AvgIpc) is 3.25. The lowest BCUT2D eigenvalue weighted by Crippen LogP contribution is -2.48. The molecule has 0 aliphatic carbocycles. The van der Waals surface area contributed by atoms with Crippen LogP contribution in [0.15, 0.2) is 41.3 Å². The van der Waals surface area contributed by atoms with E-state index in [1.807, 2.05) is 25.1 Å². The van der Waals surface area contributed by atoms with Crippen molar-refractivity contribution in [3.05, 3.63) is 47.0 Å². The number of fused-ring (bicyclic) bond motifs is 1. The molecule has 4 rings (SSSR count). The predicted molar refractivity (Wildman–Crippen MR) is 119 cm³/mol. The van der Waals surface area contributed by atoms with E-state index >= 15 is 0 Å². The van der Waals surface area contributed by atoms with E-state index in [-0.39, 0.29) is 35.7 Å². The fourth-order valence-corrected chi connectivity index (χ4v) is 5.64. The molecule has 1 fully saturated rings. The number of nitrogens with zero attached hydrogens (tertiary/aromatic N) is 1. The summed E-state index contributed by atoms with van der Waals surface area (Å²) >= 11 is 6.10. The van der Waals surface area contributed by atoms with Crippen LogP contribution in [0.3, 0.4) is 0 Å². The van der Waals surface area contributed by atoms with Gasteiger partial charge in [-0.15, -0.1) is 0 Å². The number of benzene rings is 2. The number of halogens is 1. The number of sulfonamides is 1. The minimum Gasteiger partial charge on any atom is -0.495 e. The van der Waals surface area contributed by atoms with Gasteiger partial charge in [0.2, 0.25) is 22.7 Å². The molecule has 1 saturated heterocycles. The van der Waals surface area contributed by atoms with Crippen LogP contribution in [0.25, 0.3) is 0 Å². The Morgan fingerprint density at radius 3 is 2.56 bits per heavy atom. The van der Waals surface area contributed by atoms with Crippen LogP contribution in [0.4, 0.5) is 0 Å². The quantitative estimate of drug-likeness (QED) is 0.682. The number of piperidine rings is 1. The van der Waals surface area contributed by atoms with Crippen molar-refractivity contribution >= 4 is 27.5 Å². The Morgan fingerprint density at radius 2 is 1.88 bits per heavy atom. The maximum absolute atomic E-state index is 13.0. The molecule has 0 spiro atoms. The standard InChI is InChI=1S/C22H25ClN2O6S/c1-22(21(26)24-13-15-3-5-19-20(11-15)31-14-30-19)7-9-25(10-8-22)32(27,28)16-4-6-18(29-2)17(23)12-16/h3-6,11-12H,7-10,13-14H2,1-2H3,(H,24,26). The van der Waals surface area contributed by atoms with Crippen LogP contribution >= 0.6 is 11.6 Å². The number of hydrogen-bond acceptors (Lipinski definition) is 6. The van der Waals surface area contributed by atoms with Gasteiger partial charge < -0.3 is 19.5 Å². The van der Waals surface area contributed by atoms with Crippen LogP contribution in [0.2, 0.25) is 5.02 Å². The minimum absolute atomic E-state index is 0.0975. The van der Waals surface area contributed by atoms with E-state index in [4.69, 9.17) is 25.8 Å². The van der Waals surface area contributed by atoms with Crippen LogP contribution in [-0.2, 0) is 21.4 Å². The highest BCUT2D eigenvalue weighted by Gasteiger charge is 2.40. The van der Waals surface area contributed by atoms with Gasteiger partial charge in [0.1, 0.15) is 5.75 Å². The molecule has 2 aliphatic heterocycles. The Kier molecular flexibility index (Phi) is 6.24. The lowest BCUT2D eigenvalue weighted by Gasteiger charge is -2.37. The van der Waals surface area contributed by atoms with Gasteiger partial charge in [0.05, 0.1) is 17.0 Å². The Bertz CT molecular complexity index is 1130. The fourth-order valence-electron chi connectivity index (χ4n) is 3.85. The molecule has 2 aromatic rings. The second-order valence-corrected chi connectivity index (χ2v) is 10.5. The van der Waals surface area contributed by atoms with Crippen molar-refractivity contribution in [3.63, 3.8) is 0 Å². The first kappa shape index (κ1) is 22.7. The van der Waals surface area contributed by atoms with Crippen LogP contribution in [0, 0.1) is 5.41 Å². The third-order valence-corrected chi connectivity index (χ3v) is 8.22. The molecule has 2 heterocycles. The Balaban J connectivity index is 1.37. The zero-order chi connectivity index (χ0) is 22.9. The summed E-state index contributed by atoms with van der Waals surface area (Å²) in [5, 5.41) is 3.21. The molecule has 0 saturated carbocycles. The maximum atomic E-state index is 13.0. The third kappa shape index (κ3) is 4.37. The highest BCUT2D eigenvalue weighted by Crippen LogP contribution is 2.36. The number of hydrogen-bond donors (Lipinski definition) is 1. The molecule has 0 atom stereocenters. The monoisotopic (exact) mass is 480 g/mol. The summed E-state index contributed by atoms with van der Waals surface area (Å²) in [6, 6.07) is 9.95. The van der Waals surface area contributed by atoms with Crippen molar-refractivity contribution in [3.8, 4) is 17.2 Å². The van der Waals surface area contributed by atoms with Gasteiger partial charge in [0.25, 0.3) is 0 Å². The van der Waals surface area contributed by atoms with Gasteiger partial charge in [-0.05, 0) is 48.7 Å². The molecule has 32 heavy (non-hydrogen) atoms. The van der Waals surface area contributed by atoms with Crippen LogP contribution in [0.1, 0.15) is 25.3 Å². The number of methoxy groups -OCH3 is 1. The van der Waals surface area contributed by atoms with E-state index in [0.29, 0.717) is 36.6 Å². The van der Waals surface area contributed by atoms with Gasteiger partial charge in [-0.1, -0.05) is 24.6 Å². The van der Waals surface area contributed by atoms with Gasteiger partial charge in [-0.25, -0.2) is 8.42 Å². The molecule has 2 aliphatic rings. The topological polar surface area (TPSA) is 94.2 Å². The van der Waals surface area contributed by atoms with E-state index in [1.54, 1.807) is 0 Å². The number of ether oxygens (including phenoxy) is 3. The Labute approximate surface area is 192 Å². The highest BCUT2D eigenvalue weighted by molar-refractivity contribution is 7.89. The second kappa shape index (κ2) is 8.80. The molecule has 2 aromatic carbocycles. The predicted octanol–water partition coefficient (Wildman–Crippen LogP) is 3.18. The normalized spacial score (nSPS) is 17.7. The van der Waals surface area contributed by atoms with Gasteiger partial charge >= 0.3 is 0 Å². The molecule has 1 amide bonds. The van der Waals surface area contributed by atoms with Gasteiger partial charge in [0.15, 0.2) is 11.5 Å². The van der Waals surface area contributed by atoms with Crippen molar-refractivity contribution in [2.75, 3.05) is 27.0 Å². The van der Waals surface area contributed by atoms with E-state index in [2.05, 4.69) is 5.32 Å². The van der Waals surface area contributed by atoms with Gasteiger partial charge in [0, 0.05) is 25.0 Å². The van der Waals surface area contributed by atoms with E-state index in [0.717, 1.165) is 5.56 Å². The lowest BCUT2D eigenvalue weighted by atomic mass is 9.80. The second-order valence-electron chi connectivity index (χ2n) is 8.13. The summed E-state index contributed by atoms with van der Waals surface area (Å²) in [6.45, 7) is 2.93. The number of amides is 1. The van der Waals surface area contributed by atoms with Crippen molar-refractivity contribution in [1.82, 2.24) is 9.62 Å². The maximum Gasteiger partial charge on any atom is 0.243 e. The van der Waals surface area contributed by atoms with Crippen molar-refractivity contribution in [2.45, 2.75) is 31.2 Å². The molecule has 172 valence electrons. The van der Waals surface area contributed by atoms with Crippen LogP contribution in [-0.4, -0.2) is 45.6 Å². The lowest BCUT2D eigenvalue weighted by molar-refractivity contribution is -0.132. The fraction of sp³-hybridized carbons (Fsp3) is 0.409. The Hall–Kier alpha value is -2.49. The highest BCUT2D eigenvalue weighted by atomic mass is 35.5. The first-order valence-corrected chi connectivity index (χ1v) is 12.1. The number of rotatable bonds is 6. The molecular formula is C22H25ClN2O6S. The minimum atomic E-state index is -3.71. The van der Waals surface area contributed by atoms with E-state index in [9.17, 15) is 13.2 Å². The molecule has 0 unspecified atom stereocenters. The number of carbonyl (C=O) groups is 1. The Morgan fingerprint density at radius 1 is 1.16 bits per heavy atom. The van der Waals surface area contributed by atoms with Gasteiger partial charge in [-0.3, -0.25) is 4.79 Å². The summed E-state index contributed by atoms with van der Waals surface area (Å²) in [5.74, 6) is 1.68. The molecule has 10 heteroatoms. The van der Waals surface area contributed by atoms with Crippen molar-refractivity contribution < 1.29 is 27.4 Å². The SMILES string of the molecule is COc1ccc(S(=O)(=O)N2CCC(C)(C(=O)NCc3ccc4c(c3)OCO4)CC2)cc1Cl. The first-order chi connectivity index (χ1) is 15.2.